The fourth-order valence-electron chi connectivity index (χ4n) is 0.667. The molecule has 3 N–H and O–H groups in total. The molecule has 0 bridgehead atoms. The molecule has 0 aromatic heterocycles. The molecule has 0 aliphatic carbocycles. The lowest BCUT2D eigenvalue weighted by molar-refractivity contribution is 0.126. The first-order valence-corrected chi connectivity index (χ1v) is 4.24. The Morgan fingerprint density at radius 2 is 2.17 bits per heavy atom. The first-order valence-electron chi connectivity index (χ1n) is 4.24. The molecule has 0 aliphatic heterocycles. The van der Waals surface area contributed by atoms with Gasteiger partial charge in [-0.15, -0.1) is 0 Å². The average molecular weight is 174 g/mol. The Morgan fingerprint density at radius 3 is 2.67 bits per heavy atom. The van der Waals surface area contributed by atoms with E-state index >= 15 is 0 Å². The van der Waals surface area contributed by atoms with E-state index in [4.69, 9.17) is 10.5 Å². The third-order valence-electron chi connectivity index (χ3n) is 1.39. The highest BCUT2D eigenvalue weighted by molar-refractivity contribution is 5.71. The number of carbonyl (C=O) groups excluding carboxylic acids is 1. The van der Waals surface area contributed by atoms with Crippen molar-refractivity contribution in [1.82, 2.24) is 5.32 Å². The van der Waals surface area contributed by atoms with Crippen LogP contribution in [0.4, 0.5) is 4.79 Å². The Morgan fingerprint density at radius 1 is 1.50 bits per heavy atom. The van der Waals surface area contributed by atoms with E-state index in [9.17, 15) is 4.79 Å². The predicted octanol–water partition coefficient (Wildman–Crippen LogP) is 0.717. The summed E-state index contributed by atoms with van der Waals surface area (Å²) in [5.74, 6) is 0.661. The molecule has 0 fully saturated rings. The van der Waals surface area contributed by atoms with Crippen LogP contribution in [-0.4, -0.2) is 25.8 Å². The summed E-state index contributed by atoms with van der Waals surface area (Å²) in [6.45, 7) is 6.07. The largest absolute Gasteiger partial charge is 0.380 e. The van der Waals surface area contributed by atoms with E-state index in [2.05, 4.69) is 19.2 Å². The number of carbonyl (C=O) groups is 1. The second-order valence-electron chi connectivity index (χ2n) is 3.09. The van der Waals surface area contributed by atoms with E-state index in [1.165, 1.54) is 0 Å². The Bertz CT molecular complexity index is 126. The summed E-state index contributed by atoms with van der Waals surface area (Å²) in [4.78, 5) is 10.2. The van der Waals surface area contributed by atoms with E-state index in [0.29, 0.717) is 19.1 Å². The number of nitrogens with two attached hydrogens (primary N) is 1. The van der Waals surface area contributed by atoms with Gasteiger partial charge in [-0.25, -0.2) is 4.79 Å². The summed E-state index contributed by atoms with van der Waals surface area (Å²) in [6.07, 6.45) is 1.05. The van der Waals surface area contributed by atoms with E-state index in [1.54, 1.807) is 0 Å². The van der Waals surface area contributed by atoms with Gasteiger partial charge < -0.3 is 15.8 Å². The zero-order chi connectivity index (χ0) is 9.40. The van der Waals surface area contributed by atoms with Crippen molar-refractivity contribution in [3.05, 3.63) is 0 Å². The topological polar surface area (TPSA) is 64.3 Å². The summed E-state index contributed by atoms with van der Waals surface area (Å²) in [5.41, 5.74) is 4.85. The zero-order valence-corrected chi connectivity index (χ0v) is 7.80. The number of amides is 2. The molecule has 0 saturated carbocycles. The number of hydrogen-bond acceptors (Lipinski definition) is 2. The molecule has 4 nitrogen and oxygen atoms in total. The molecular formula is C8H18N2O2. The van der Waals surface area contributed by atoms with Crippen molar-refractivity contribution in [2.45, 2.75) is 20.3 Å². The van der Waals surface area contributed by atoms with E-state index in [0.717, 1.165) is 13.0 Å². The number of rotatable bonds is 6. The first-order chi connectivity index (χ1) is 5.63. The van der Waals surface area contributed by atoms with Crippen LogP contribution in [0.3, 0.4) is 0 Å². The molecule has 12 heavy (non-hydrogen) atoms. The lowest BCUT2D eigenvalue weighted by Crippen LogP contribution is -2.32. The average Bonchev–Trinajstić information content (AvgIpc) is 1.95. The lowest BCUT2D eigenvalue weighted by Gasteiger charge is -2.06. The van der Waals surface area contributed by atoms with Crippen LogP contribution in [0.2, 0.25) is 0 Å². The van der Waals surface area contributed by atoms with Gasteiger partial charge in [0, 0.05) is 13.2 Å². The first kappa shape index (κ1) is 11.2. The van der Waals surface area contributed by atoms with Gasteiger partial charge in [-0.3, -0.25) is 0 Å². The highest BCUT2D eigenvalue weighted by Crippen LogP contribution is 1.97. The molecule has 0 unspecified atom stereocenters. The van der Waals surface area contributed by atoms with Crippen LogP contribution in [0.25, 0.3) is 0 Å². The molecule has 0 heterocycles. The van der Waals surface area contributed by atoms with Gasteiger partial charge in [-0.05, 0) is 12.3 Å². The van der Waals surface area contributed by atoms with Gasteiger partial charge >= 0.3 is 6.03 Å². The molecule has 0 aromatic carbocycles. The van der Waals surface area contributed by atoms with Gasteiger partial charge in [0.25, 0.3) is 0 Å². The third-order valence-corrected chi connectivity index (χ3v) is 1.39. The molecule has 0 aromatic rings. The number of nitrogens with one attached hydrogen (secondary N) is 1. The second-order valence-corrected chi connectivity index (χ2v) is 3.09. The molecule has 0 spiro atoms. The lowest BCUT2D eigenvalue weighted by atomic mass is 10.1. The zero-order valence-electron chi connectivity index (χ0n) is 7.80. The minimum atomic E-state index is -0.498. The fourth-order valence-corrected chi connectivity index (χ4v) is 0.667. The molecular weight excluding hydrogens is 156 g/mol. The maximum atomic E-state index is 10.2. The summed E-state index contributed by atoms with van der Waals surface area (Å²) in [7, 11) is 0. The maximum absolute atomic E-state index is 10.2. The van der Waals surface area contributed by atoms with Gasteiger partial charge in [0.15, 0.2) is 0 Å². The predicted molar refractivity (Wildman–Crippen MR) is 47.9 cm³/mol. The molecule has 72 valence electrons. The number of ether oxygens (including phenoxy) is 1. The molecule has 0 saturated heterocycles. The van der Waals surface area contributed by atoms with Crippen LogP contribution in [0.1, 0.15) is 20.3 Å². The normalized spacial score (nSPS) is 10.2. The van der Waals surface area contributed by atoms with Crippen molar-refractivity contribution in [3.63, 3.8) is 0 Å². The van der Waals surface area contributed by atoms with E-state index < -0.39 is 6.03 Å². The van der Waals surface area contributed by atoms with Gasteiger partial charge in [0.05, 0.1) is 6.61 Å². The standard InChI is InChI=1S/C8H18N2O2/c1-7(2)3-5-12-6-4-10-8(9)11/h7H,3-6H2,1-2H3,(H3,9,10,11). The summed E-state index contributed by atoms with van der Waals surface area (Å²) >= 11 is 0. The Balaban J connectivity index is 2.96. The van der Waals surface area contributed by atoms with Gasteiger partial charge in [-0.2, -0.15) is 0 Å². The highest BCUT2D eigenvalue weighted by Gasteiger charge is 1.94. The SMILES string of the molecule is CC(C)CCOCCNC(N)=O. The van der Waals surface area contributed by atoms with Crippen molar-refractivity contribution < 1.29 is 9.53 Å². The number of urea groups is 1. The van der Waals surface area contributed by atoms with Crippen molar-refractivity contribution in [3.8, 4) is 0 Å². The van der Waals surface area contributed by atoms with Crippen LogP contribution < -0.4 is 11.1 Å². The van der Waals surface area contributed by atoms with Crippen molar-refractivity contribution in [2.75, 3.05) is 19.8 Å². The minimum absolute atomic E-state index is 0.493. The Kier molecular flexibility index (Phi) is 6.47. The van der Waals surface area contributed by atoms with Crippen LogP contribution in [0.5, 0.6) is 0 Å². The van der Waals surface area contributed by atoms with Crippen LogP contribution in [0, 0.1) is 5.92 Å². The fraction of sp³-hybridized carbons (Fsp3) is 0.875. The van der Waals surface area contributed by atoms with Gasteiger partial charge in [0.2, 0.25) is 0 Å². The summed E-state index contributed by atoms with van der Waals surface area (Å²) in [6, 6.07) is -0.498. The van der Waals surface area contributed by atoms with Crippen LogP contribution in [-0.2, 0) is 4.74 Å². The quantitative estimate of drug-likeness (QED) is 0.583. The summed E-state index contributed by atoms with van der Waals surface area (Å²) < 4.78 is 5.22. The van der Waals surface area contributed by atoms with E-state index in [1.807, 2.05) is 0 Å². The van der Waals surface area contributed by atoms with E-state index in [-0.39, 0.29) is 0 Å². The maximum Gasteiger partial charge on any atom is 0.312 e. The molecule has 0 atom stereocenters. The monoisotopic (exact) mass is 174 g/mol. The summed E-state index contributed by atoms with van der Waals surface area (Å²) in [5, 5.41) is 2.45. The molecule has 4 heteroatoms. The number of primary amides is 1. The Hall–Kier alpha value is -0.770. The highest BCUT2D eigenvalue weighted by atomic mass is 16.5. The van der Waals surface area contributed by atoms with Gasteiger partial charge in [-0.1, -0.05) is 13.8 Å². The second kappa shape index (κ2) is 6.91. The minimum Gasteiger partial charge on any atom is -0.380 e. The number of hydrogen-bond donors (Lipinski definition) is 2. The smallest absolute Gasteiger partial charge is 0.312 e. The van der Waals surface area contributed by atoms with Crippen LogP contribution in [0.15, 0.2) is 0 Å². The van der Waals surface area contributed by atoms with Crippen molar-refractivity contribution in [2.24, 2.45) is 11.7 Å². The molecule has 2 amide bonds. The molecule has 0 aliphatic rings. The third kappa shape index (κ3) is 9.23. The van der Waals surface area contributed by atoms with Crippen LogP contribution >= 0.6 is 0 Å². The Labute approximate surface area is 73.5 Å². The van der Waals surface area contributed by atoms with Gasteiger partial charge in [0.1, 0.15) is 0 Å². The molecule has 0 radical (unpaired) electrons. The van der Waals surface area contributed by atoms with Crippen molar-refractivity contribution >= 4 is 6.03 Å². The molecule has 0 rings (SSSR count). The van der Waals surface area contributed by atoms with Crippen molar-refractivity contribution in [1.29, 1.82) is 0 Å².